The predicted molar refractivity (Wildman–Crippen MR) is 81.2 cm³/mol. The first kappa shape index (κ1) is 14.0. The second kappa shape index (κ2) is 5.11. The van der Waals surface area contributed by atoms with E-state index in [1.54, 1.807) is 36.4 Å². The summed E-state index contributed by atoms with van der Waals surface area (Å²) in [5.74, 6) is -0.526. The van der Waals surface area contributed by atoms with Crippen LogP contribution in [0.5, 0.6) is 0 Å². The van der Waals surface area contributed by atoms with Crippen molar-refractivity contribution in [3.8, 4) is 0 Å². The van der Waals surface area contributed by atoms with Gasteiger partial charge in [-0.3, -0.25) is 0 Å². The van der Waals surface area contributed by atoms with Crippen LogP contribution in [0.25, 0.3) is 5.57 Å². The molecule has 0 aromatic heterocycles. The third kappa shape index (κ3) is 2.40. The maximum atomic E-state index is 14.3. The van der Waals surface area contributed by atoms with E-state index in [0.29, 0.717) is 5.57 Å². The van der Waals surface area contributed by atoms with E-state index >= 15 is 0 Å². The molecular formula is C17H15FO2S. The van der Waals surface area contributed by atoms with Crippen LogP contribution in [0.15, 0.2) is 65.3 Å². The number of allylic oxidation sites excluding steroid dienone is 1. The van der Waals surface area contributed by atoms with Crippen LogP contribution in [-0.4, -0.2) is 13.7 Å². The minimum Gasteiger partial charge on any atom is -0.223 e. The molecule has 0 fully saturated rings. The van der Waals surface area contributed by atoms with Crippen molar-refractivity contribution in [3.05, 3.63) is 71.6 Å². The molecule has 0 heterocycles. The molecule has 1 aliphatic rings. The average Bonchev–Trinajstić information content (AvgIpc) is 2.47. The van der Waals surface area contributed by atoms with E-state index < -0.39 is 20.9 Å². The van der Waals surface area contributed by atoms with Crippen molar-refractivity contribution in [2.45, 2.75) is 23.5 Å². The standard InChI is InChI=1S/C17H15FO2S/c1-12-7-9-14(10-8-12)21(19,20)16-11-15(17(16)18)13-5-3-2-4-6-13/h2-10,16H,11H2,1H3. The molecule has 0 saturated carbocycles. The van der Waals surface area contributed by atoms with Gasteiger partial charge in [0.25, 0.3) is 0 Å². The van der Waals surface area contributed by atoms with E-state index in [1.165, 1.54) is 0 Å². The smallest absolute Gasteiger partial charge is 0.188 e. The predicted octanol–water partition coefficient (Wildman–Crippen LogP) is 3.92. The highest BCUT2D eigenvalue weighted by Gasteiger charge is 2.41. The molecule has 1 aliphatic carbocycles. The van der Waals surface area contributed by atoms with Crippen LogP contribution >= 0.6 is 0 Å². The summed E-state index contributed by atoms with van der Waals surface area (Å²) in [6, 6.07) is 15.6. The second-order valence-electron chi connectivity index (χ2n) is 5.24. The van der Waals surface area contributed by atoms with Crippen molar-refractivity contribution in [1.29, 1.82) is 0 Å². The van der Waals surface area contributed by atoms with E-state index in [0.717, 1.165) is 11.1 Å². The number of halogens is 1. The number of hydrogen-bond acceptors (Lipinski definition) is 2. The van der Waals surface area contributed by atoms with E-state index in [2.05, 4.69) is 0 Å². The van der Waals surface area contributed by atoms with E-state index in [4.69, 9.17) is 0 Å². The summed E-state index contributed by atoms with van der Waals surface area (Å²) in [7, 11) is -3.64. The topological polar surface area (TPSA) is 34.1 Å². The molecule has 2 nitrogen and oxygen atoms in total. The molecule has 0 spiro atoms. The van der Waals surface area contributed by atoms with Crippen molar-refractivity contribution in [2.24, 2.45) is 0 Å². The minimum absolute atomic E-state index is 0.181. The van der Waals surface area contributed by atoms with Crippen molar-refractivity contribution < 1.29 is 12.8 Å². The highest BCUT2D eigenvalue weighted by Crippen LogP contribution is 2.43. The molecule has 1 atom stereocenters. The first-order chi connectivity index (χ1) is 10.00. The molecule has 4 heteroatoms. The summed E-state index contributed by atoms with van der Waals surface area (Å²) in [6.07, 6.45) is 0.228. The minimum atomic E-state index is -3.64. The molecule has 1 unspecified atom stereocenters. The SMILES string of the molecule is Cc1ccc(S(=O)(=O)C2CC(c3ccccc3)=C2F)cc1. The average molecular weight is 302 g/mol. The first-order valence-corrected chi connectivity index (χ1v) is 8.29. The van der Waals surface area contributed by atoms with Crippen molar-refractivity contribution in [3.63, 3.8) is 0 Å². The molecule has 0 saturated heterocycles. The Balaban J connectivity index is 1.93. The Kier molecular flexibility index (Phi) is 3.41. The van der Waals surface area contributed by atoms with Gasteiger partial charge >= 0.3 is 0 Å². The lowest BCUT2D eigenvalue weighted by atomic mass is 9.90. The lowest BCUT2D eigenvalue weighted by Crippen LogP contribution is -2.30. The first-order valence-electron chi connectivity index (χ1n) is 6.74. The Hall–Kier alpha value is -1.94. The zero-order valence-corrected chi connectivity index (χ0v) is 12.4. The molecule has 2 aromatic carbocycles. The molecule has 0 amide bonds. The Morgan fingerprint density at radius 3 is 2.19 bits per heavy atom. The van der Waals surface area contributed by atoms with Crippen LogP contribution in [0.4, 0.5) is 4.39 Å². The number of rotatable bonds is 3. The van der Waals surface area contributed by atoms with Gasteiger partial charge in [0.1, 0.15) is 11.1 Å². The number of hydrogen-bond donors (Lipinski definition) is 0. The maximum Gasteiger partial charge on any atom is 0.188 e. The Labute approximate surface area is 123 Å². The lowest BCUT2D eigenvalue weighted by Gasteiger charge is -2.28. The third-order valence-electron chi connectivity index (χ3n) is 3.81. The van der Waals surface area contributed by atoms with Crippen molar-refractivity contribution in [2.75, 3.05) is 0 Å². The fourth-order valence-corrected chi connectivity index (χ4v) is 4.11. The molecule has 108 valence electrons. The quantitative estimate of drug-likeness (QED) is 0.861. The van der Waals surface area contributed by atoms with Crippen LogP contribution in [0.2, 0.25) is 0 Å². The molecule has 21 heavy (non-hydrogen) atoms. The van der Waals surface area contributed by atoms with Gasteiger partial charge in [-0.05, 0) is 36.6 Å². The van der Waals surface area contributed by atoms with Gasteiger partial charge < -0.3 is 0 Å². The van der Waals surface area contributed by atoms with Gasteiger partial charge in [0.2, 0.25) is 0 Å². The monoisotopic (exact) mass is 302 g/mol. The van der Waals surface area contributed by atoms with Crippen molar-refractivity contribution >= 4 is 15.4 Å². The Morgan fingerprint density at radius 1 is 1.00 bits per heavy atom. The largest absolute Gasteiger partial charge is 0.223 e. The van der Waals surface area contributed by atoms with Crippen molar-refractivity contribution in [1.82, 2.24) is 0 Å². The van der Waals surface area contributed by atoms with Gasteiger partial charge in [0.15, 0.2) is 9.84 Å². The number of benzene rings is 2. The number of sulfone groups is 1. The Morgan fingerprint density at radius 2 is 1.62 bits per heavy atom. The molecule has 0 bridgehead atoms. The van der Waals surface area contributed by atoms with E-state index in [9.17, 15) is 12.8 Å². The van der Waals surface area contributed by atoms with Crippen LogP contribution < -0.4 is 0 Å². The second-order valence-corrected chi connectivity index (χ2v) is 7.37. The maximum absolute atomic E-state index is 14.3. The van der Waals surface area contributed by atoms with Crippen LogP contribution in [0, 0.1) is 6.92 Å². The normalized spacial score (nSPS) is 18.5. The molecule has 3 rings (SSSR count). The molecule has 0 N–H and O–H groups in total. The van der Waals surface area contributed by atoms with Gasteiger partial charge in [-0.1, -0.05) is 48.0 Å². The highest BCUT2D eigenvalue weighted by atomic mass is 32.2. The summed E-state index contributed by atoms with van der Waals surface area (Å²) >= 11 is 0. The van der Waals surface area contributed by atoms with E-state index in [-0.39, 0.29) is 11.3 Å². The van der Waals surface area contributed by atoms with Crippen LogP contribution in [0.1, 0.15) is 17.5 Å². The van der Waals surface area contributed by atoms with E-state index in [1.807, 2.05) is 25.1 Å². The molecular weight excluding hydrogens is 287 g/mol. The zero-order chi connectivity index (χ0) is 15.0. The molecule has 2 aromatic rings. The van der Waals surface area contributed by atoms with Crippen LogP contribution in [-0.2, 0) is 9.84 Å². The fourth-order valence-electron chi connectivity index (χ4n) is 2.47. The lowest BCUT2D eigenvalue weighted by molar-refractivity contribution is 0.529. The van der Waals surface area contributed by atoms with Gasteiger partial charge in [-0.15, -0.1) is 0 Å². The zero-order valence-electron chi connectivity index (χ0n) is 11.6. The highest BCUT2D eigenvalue weighted by molar-refractivity contribution is 7.92. The van der Waals surface area contributed by atoms with Gasteiger partial charge in [0.05, 0.1) is 4.90 Å². The van der Waals surface area contributed by atoms with Gasteiger partial charge in [0, 0.05) is 0 Å². The molecule has 0 aliphatic heterocycles. The Bertz CT molecular complexity index is 790. The third-order valence-corrected chi connectivity index (χ3v) is 5.86. The summed E-state index contributed by atoms with van der Waals surface area (Å²) in [5, 5.41) is -1.05. The fraction of sp³-hybridized carbons (Fsp3) is 0.176. The van der Waals surface area contributed by atoms with Gasteiger partial charge in [-0.2, -0.15) is 0 Å². The summed E-state index contributed by atoms with van der Waals surface area (Å²) in [4.78, 5) is 0.181. The van der Waals surface area contributed by atoms with Crippen LogP contribution in [0.3, 0.4) is 0 Å². The van der Waals surface area contributed by atoms with Gasteiger partial charge in [-0.25, -0.2) is 12.8 Å². The summed E-state index contributed by atoms with van der Waals surface area (Å²) < 4.78 is 39.2. The summed E-state index contributed by atoms with van der Waals surface area (Å²) in [5.41, 5.74) is 2.23. The molecule has 0 radical (unpaired) electrons. The summed E-state index contributed by atoms with van der Waals surface area (Å²) in [6.45, 7) is 1.88. The number of aryl methyl sites for hydroxylation is 1.